The van der Waals surface area contributed by atoms with Crippen LogP contribution in [0.1, 0.15) is 32.0 Å². The van der Waals surface area contributed by atoms with Crippen molar-refractivity contribution in [3.8, 4) is 11.5 Å². The van der Waals surface area contributed by atoms with Crippen LogP contribution in [0.2, 0.25) is 0 Å². The number of hydrogen-bond acceptors (Lipinski definition) is 6. The Labute approximate surface area is 161 Å². The molecule has 0 saturated carbocycles. The summed E-state index contributed by atoms with van der Waals surface area (Å²) < 4.78 is 8.22. The van der Waals surface area contributed by atoms with E-state index in [0.29, 0.717) is 22.6 Å². The Morgan fingerprint density at radius 1 is 1.04 bits per heavy atom. The molecule has 2 aromatic heterocycles. The van der Waals surface area contributed by atoms with Crippen LogP contribution in [-0.4, -0.2) is 19.3 Å². The van der Waals surface area contributed by atoms with Crippen molar-refractivity contribution in [2.75, 3.05) is 0 Å². The lowest BCUT2D eigenvalue weighted by atomic mass is 9.87. The van der Waals surface area contributed by atoms with Gasteiger partial charge in [0, 0.05) is 37.2 Å². The van der Waals surface area contributed by atoms with Crippen LogP contribution >= 0.6 is 11.8 Å². The molecule has 0 amide bonds. The van der Waals surface area contributed by atoms with Gasteiger partial charge in [-0.1, -0.05) is 44.7 Å². The SMILES string of the molecule is Cn1c(CSc2nnc(-c3ccc(C(C)(C)C)cc3)o2)cc(=O)n(C)c1=O. The highest BCUT2D eigenvalue weighted by Gasteiger charge is 2.15. The zero-order chi connectivity index (χ0) is 19.8. The second kappa shape index (κ2) is 7.19. The molecular formula is C19H22N4O3S. The molecule has 3 aromatic rings. The van der Waals surface area contributed by atoms with E-state index in [1.165, 1.54) is 35.0 Å². The summed E-state index contributed by atoms with van der Waals surface area (Å²) in [5, 5.41) is 8.52. The summed E-state index contributed by atoms with van der Waals surface area (Å²) in [5.74, 6) is 0.822. The molecule has 1 aromatic carbocycles. The van der Waals surface area contributed by atoms with Gasteiger partial charge in [-0.15, -0.1) is 10.2 Å². The molecule has 0 aliphatic rings. The van der Waals surface area contributed by atoms with Gasteiger partial charge >= 0.3 is 5.69 Å². The van der Waals surface area contributed by atoms with E-state index in [2.05, 4.69) is 43.1 Å². The topological polar surface area (TPSA) is 82.9 Å². The molecule has 0 radical (unpaired) electrons. The van der Waals surface area contributed by atoms with Gasteiger partial charge in [0.05, 0.1) is 0 Å². The summed E-state index contributed by atoms with van der Waals surface area (Å²) in [4.78, 5) is 23.8. The van der Waals surface area contributed by atoms with Gasteiger partial charge in [0.2, 0.25) is 5.89 Å². The average molecular weight is 386 g/mol. The Balaban J connectivity index is 1.76. The predicted octanol–water partition coefficient (Wildman–Crippen LogP) is 2.72. The maximum atomic E-state index is 12.0. The number of benzene rings is 1. The molecule has 0 unspecified atom stereocenters. The van der Waals surface area contributed by atoms with Crippen LogP contribution < -0.4 is 11.2 Å². The molecule has 3 rings (SSSR count). The largest absolute Gasteiger partial charge is 0.411 e. The van der Waals surface area contributed by atoms with Crippen LogP contribution in [0.3, 0.4) is 0 Å². The molecule has 0 bridgehead atoms. The van der Waals surface area contributed by atoms with Gasteiger partial charge in [0.25, 0.3) is 10.8 Å². The molecule has 0 aliphatic heterocycles. The van der Waals surface area contributed by atoms with Crippen LogP contribution in [0, 0.1) is 0 Å². The Morgan fingerprint density at radius 3 is 2.33 bits per heavy atom. The summed E-state index contributed by atoms with van der Waals surface area (Å²) in [6, 6.07) is 9.49. The molecular weight excluding hydrogens is 364 g/mol. The lowest BCUT2D eigenvalue weighted by Crippen LogP contribution is -2.37. The quantitative estimate of drug-likeness (QED) is 0.641. The zero-order valence-corrected chi connectivity index (χ0v) is 16.8. The van der Waals surface area contributed by atoms with E-state index in [1.54, 1.807) is 7.05 Å². The molecule has 0 saturated heterocycles. The van der Waals surface area contributed by atoms with Crippen LogP contribution in [0.15, 0.2) is 49.6 Å². The van der Waals surface area contributed by atoms with E-state index in [0.717, 1.165) is 10.1 Å². The van der Waals surface area contributed by atoms with E-state index >= 15 is 0 Å². The molecule has 2 heterocycles. The molecule has 0 spiro atoms. The number of hydrogen-bond donors (Lipinski definition) is 0. The van der Waals surface area contributed by atoms with Crippen LogP contribution in [0.5, 0.6) is 0 Å². The molecule has 0 fully saturated rings. The van der Waals surface area contributed by atoms with E-state index in [4.69, 9.17) is 4.42 Å². The monoisotopic (exact) mass is 386 g/mol. The average Bonchev–Trinajstić information content (AvgIpc) is 3.10. The normalized spacial score (nSPS) is 11.7. The molecule has 0 N–H and O–H groups in total. The van der Waals surface area contributed by atoms with Crippen molar-refractivity contribution < 1.29 is 4.42 Å². The van der Waals surface area contributed by atoms with E-state index in [-0.39, 0.29) is 16.7 Å². The summed E-state index contributed by atoms with van der Waals surface area (Å²) in [5.41, 5.74) is 2.07. The van der Waals surface area contributed by atoms with Gasteiger partial charge in [-0.25, -0.2) is 4.79 Å². The van der Waals surface area contributed by atoms with E-state index in [1.807, 2.05) is 12.1 Å². The second-order valence-electron chi connectivity index (χ2n) is 7.36. The van der Waals surface area contributed by atoms with Crippen molar-refractivity contribution in [1.29, 1.82) is 0 Å². The van der Waals surface area contributed by atoms with Gasteiger partial charge in [0.15, 0.2) is 0 Å². The van der Waals surface area contributed by atoms with Gasteiger partial charge in [-0.3, -0.25) is 13.9 Å². The number of aromatic nitrogens is 4. The predicted molar refractivity (Wildman–Crippen MR) is 105 cm³/mol. The lowest BCUT2D eigenvalue weighted by Gasteiger charge is -2.18. The molecule has 0 aliphatic carbocycles. The summed E-state index contributed by atoms with van der Waals surface area (Å²) >= 11 is 1.29. The van der Waals surface area contributed by atoms with Crippen LogP contribution in [0.25, 0.3) is 11.5 Å². The van der Waals surface area contributed by atoms with Crippen molar-refractivity contribution in [3.63, 3.8) is 0 Å². The minimum absolute atomic E-state index is 0.0804. The summed E-state index contributed by atoms with van der Waals surface area (Å²) in [7, 11) is 3.09. The standard InChI is InChI=1S/C19H22N4O3S/c1-19(2,3)13-8-6-12(7-9-13)16-20-21-17(26-16)27-11-14-10-15(24)23(5)18(25)22(14)4/h6-10H,11H2,1-5H3. The third-order valence-electron chi connectivity index (χ3n) is 4.37. The Bertz CT molecular complexity index is 1070. The van der Waals surface area contributed by atoms with Gasteiger partial charge in [0.1, 0.15) is 0 Å². The van der Waals surface area contributed by atoms with Crippen molar-refractivity contribution in [2.45, 2.75) is 37.2 Å². The Morgan fingerprint density at radius 2 is 1.70 bits per heavy atom. The summed E-state index contributed by atoms with van der Waals surface area (Å²) in [6.45, 7) is 6.48. The Hall–Kier alpha value is -2.61. The smallest absolute Gasteiger partial charge is 0.330 e. The first-order valence-electron chi connectivity index (χ1n) is 8.50. The highest BCUT2D eigenvalue weighted by atomic mass is 32.2. The zero-order valence-electron chi connectivity index (χ0n) is 16.0. The fourth-order valence-electron chi connectivity index (χ4n) is 2.55. The number of nitrogens with zero attached hydrogens (tertiary/aromatic N) is 4. The number of rotatable bonds is 4. The molecule has 7 nitrogen and oxygen atoms in total. The fourth-order valence-corrected chi connectivity index (χ4v) is 3.33. The van der Waals surface area contributed by atoms with Crippen LogP contribution in [-0.2, 0) is 25.3 Å². The van der Waals surface area contributed by atoms with Crippen molar-refractivity contribution >= 4 is 11.8 Å². The van der Waals surface area contributed by atoms with E-state index in [9.17, 15) is 9.59 Å². The van der Waals surface area contributed by atoms with Gasteiger partial charge in [-0.05, 0) is 23.1 Å². The third-order valence-corrected chi connectivity index (χ3v) is 5.23. The first kappa shape index (κ1) is 19.2. The first-order chi connectivity index (χ1) is 12.7. The molecule has 27 heavy (non-hydrogen) atoms. The highest BCUT2D eigenvalue weighted by molar-refractivity contribution is 7.98. The second-order valence-corrected chi connectivity index (χ2v) is 8.29. The molecule has 142 valence electrons. The number of thioether (sulfide) groups is 1. The van der Waals surface area contributed by atoms with Gasteiger partial charge < -0.3 is 4.42 Å². The maximum absolute atomic E-state index is 12.0. The molecule has 8 heteroatoms. The van der Waals surface area contributed by atoms with Crippen molar-refractivity contribution in [2.24, 2.45) is 14.1 Å². The minimum atomic E-state index is -0.358. The van der Waals surface area contributed by atoms with E-state index < -0.39 is 0 Å². The van der Waals surface area contributed by atoms with Crippen molar-refractivity contribution in [1.82, 2.24) is 19.3 Å². The van der Waals surface area contributed by atoms with Gasteiger partial charge in [-0.2, -0.15) is 0 Å². The lowest BCUT2D eigenvalue weighted by molar-refractivity contribution is 0.465. The molecule has 0 atom stereocenters. The highest BCUT2D eigenvalue weighted by Crippen LogP contribution is 2.28. The third kappa shape index (κ3) is 4.05. The van der Waals surface area contributed by atoms with Crippen LogP contribution in [0.4, 0.5) is 0 Å². The first-order valence-corrected chi connectivity index (χ1v) is 9.48. The fraction of sp³-hybridized carbons (Fsp3) is 0.368. The Kier molecular flexibility index (Phi) is 5.10. The van der Waals surface area contributed by atoms with Crippen molar-refractivity contribution in [3.05, 3.63) is 62.4 Å². The maximum Gasteiger partial charge on any atom is 0.330 e. The minimum Gasteiger partial charge on any atom is -0.411 e. The summed E-state index contributed by atoms with van der Waals surface area (Å²) in [6.07, 6.45) is 0.